The van der Waals surface area contributed by atoms with Crippen molar-refractivity contribution in [2.24, 2.45) is 0 Å². The van der Waals surface area contributed by atoms with E-state index in [9.17, 15) is 0 Å². The fourth-order valence-corrected chi connectivity index (χ4v) is 2.08. The van der Waals surface area contributed by atoms with E-state index in [4.69, 9.17) is 4.74 Å². The number of hydrogen-bond donors (Lipinski definition) is 1. The molecule has 0 aliphatic carbocycles. The zero-order valence-electron chi connectivity index (χ0n) is 10.3. The van der Waals surface area contributed by atoms with Crippen LogP contribution in [0.25, 0.3) is 0 Å². The Balaban J connectivity index is 1.81. The standard InChI is InChI=1S/C14H21NO/c1-11(2)15-8-3-4-12-5-6-14-13(10-12)7-9-16-14/h5-6,10-11,15H,3-4,7-9H2,1-2H3. The van der Waals surface area contributed by atoms with Crippen LogP contribution in [0, 0.1) is 0 Å². The second kappa shape index (κ2) is 5.35. The third kappa shape index (κ3) is 2.99. The van der Waals surface area contributed by atoms with Crippen LogP contribution < -0.4 is 10.1 Å². The van der Waals surface area contributed by atoms with Crippen molar-refractivity contribution in [3.05, 3.63) is 29.3 Å². The number of rotatable bonds is 5. The van der Waals surface area contributed by atoms with Gasteiger partial charge in [-0.25, -0.2) is 0 Å². The van der Waals surface area contributed by atoms with Gasteiger partial charge in [0.05, 0.1) is 6.61 Å². The summed E-state index contributed by atoms with van der Waals surface area (Å²) in [5, 5.41) is 3.44. The van der Waals surface area contributed by atoms with Gasteiger partial charge in [0.25, 0.3) is 0 Å². The van der Waals surface area contributed by atoms with Crippen LogP contribution in [-0.4, -0.2) is 19.2 Å². The van der Waals surface area contributed by atoms with E-state index in [0.717, 1.165) is 31.7 Å². The molecule has 0 spiro atoms. The molecule has 1 N–H and O–H groups in total. The van der Waals surface area contributed by atoms with Crippen LogP contribution in [0.5, 0.6) is 5.75 Å². The van der Waals surface area contributed by atoms with Crippen molar-refractivity contribution in [2.45, 2.75) is 39.2 Å². The molecule has 1 aliphatic heterocycles. The summed E-state index contributed by atoms with van der Waals surface area (Å²) in [7, 11) is 0. The van der Waals surface area contributed by atoms with Gasteiger partial charge in [0, 0.05) is 12.5 Å². The Hall–Kier alpha value is -1.02. The molecule has 0 aromatic heterocycles. The maximum atomic E-state index is 5.50. The quantitative estimate of drug-likeness (QED) is 0.768. The SMILES string of the molecule is CC(C)NCCCc1ccc2c(c1)CCO2. The van der Waals surface area contributed by atoms with E-state index in [0.29, 0.717) is 6.04 Å². The van der Waals surface area contributed by atoms with Gasteiger partial charge >= 0.3 is 0 Å². The van der Waals surface area contributed by atoms with Crippen LogP contribution >= 0.6 is 0 Å². The molecule has 0 bridgehead atoms. The van der Waals surface area contributed by atoms with Crippen molar-refractivity contribution in [1.29, 1.82) is 0 Å². The molecule has 1 aromatic rings. The average Bonchev–Trinajstić information content (AvgIpc) is 2.71. The molecule has 0 unspecified atom stereocenters. The molecular weight excluding hydrogens is 198 g/mol. The number of ether oxygens (including phenoxy) is 1. The van der Waals surface area contributed by atoms with E-state index in [-0.39, 0.29) is 0 Å². The summed E-state index contributed by atoms with van der Waals surface area (Å²) in [6, 6.07) is 7.21. The summed E-state index contributed by atoms with van der Waals surface area (Å²) >= 11 is 0. The molecule has 2 rings (SSSR count). The van der Waals surface area contributed by atoms with Crippen molar-refractivity contribution < 1.29 is 4.74 Å². The third-order valence-corrected chi connectivity index (χ3v) is 2.95. The Kier molecular flexibility index (Phi) is 3.83. The highest BCUT2D eigenvalue weighted by Gasteiger charge is 2.11. The van der Waals surface area contributed by atoms with E-state index in [1.807, 2.05) is 0 Å². The van der Waals surface area contributed by atoms with Crippen LogP contribution in [0.1, 0.15) is 31.4 Å². The number of nitrogens with one attached hydrogen (secondary N) is 1. The molecule has 1 aliphatic rings. The van der Waals surface area contributed by atoms with Crippen molar-refractivity contribution >= 4 is 0 Å². The smallest absolute Gasteiger partial charge is 0.122 e. The first-order chi connectivity index (χ1) is 7.75. The van der Waals surface area contributed by atoms with Gasteiger partial charge in [-0.2, -0.15) is 0 Å². The molecule has 2 nitrogen and oxygen atoms in total. The zero-order chi connectivity index (χ0) is 11.4. The second-order valence-electron chi connectivity index (χ2n) is 4.75. The number of benzene rings is 1. The van der Waals surface area contributed by atoms with Gasteiger partial charge in [-0.3, -0.25) is 0 Å². The summed E-state index contributed by atoms with van der Waals surface area (Å²) in [5.41, 5.74) is 2.82. The Morgan fingerprint density at radius 2 is 2.25 bits per heavy atom. The van der Waals surface area contributed by atoms with Crippen molar-refractivity contribution in [1.82, 2.24) is 5.32 Å². The van der Waals surface area contributed by atoms with Crippen LogP contribution in [-0.2, 0) is 12.8 Å². The second-order valence-corrected chi connectivity index (χ2v) is 4.75. The third-order valence-electron chi connectivity index (χ3n) is 2.95. The fraction of sp³-hybridized carbons (Fsp3) is 0.571. The molecule has 0 radical (unpaired) electrons. The molecule has 0 saturated heterocycles. The van der Waals surface area contributed by atoms with Gasteiger partial charge in [-0.1, -0.05) is 26.0 Å². The Labute approximate surface area is 98.0 Å². The predicted octanol–water partition coefficient (Wildman–Crippen LogP) is 2.55. The molecule has 88 valence electrons. The summed E-state index contributed by atoms with van der Waals surface area (Å²) in [6.45, 7) is 6.33. The largest absolute Gasteiger partial charge is 0.493 e. The van der Waals surface area contributed by atoms with E-state index in [1.165, 1.54) is 17.5 Å². The topological polar surface area (TPSA) is 21.3 Å². The van der Waals surface area contributed by atoms with E-state index in [2.05, 4.69) is 37.4 Å². The summed E-state index contributed by atoms with van der Waals surface area (Å²) in [4.78, 5) is 0. The lowest BCUT2D eigenvalue weighted by Crippen LogP contribution is -2.23. The summed E-state index contributed by atoms with van der Waals surface area (Å²) in [5.74, 6) is 1.09. The highest BCUT2D eigenvalue weighted by Crippen LogP contribution is 2.26. The van der Waals surface area contributed by atoms with E-state index in [1.54, 1.807) is 0 Å². The highest BCUT2D eigenvalue weighted by molar-refractivity contribution is 5.39. The molecule has 0 atom stereocenters. The molecule has 0 saturated carbocycles. The predicted molar refractivity (Wildman–Crippen MR) is 67.1 cm³/mol. The zero-order valence-corrected chi connectivity index (χ0v) is 10.3. The Bertz CT molecular complexity index is 347. The monoisotopic (exact) mass is 219 g/mol. The van der Waals surface area contributed by atoms with Crippen LogP contribution in [0.4, 0.5) is 0 Å². The maximum Gasteiger partial charge on any atom is 0.122 e. The normalized spacial score (nSPS) is 13.9. The number of aryl methyl sites for hydroxylation is 1. The van der Waals surface area contributed by atoms with Gasteiger partial charge in [-0.05, 0) is 36.6 Å². The van der Waals surface area contributed by atoms with Crippen LogP contribution in [0.2, 0.25) is 0 Å². The number of fused-ring (bicyclic) bond motifs is 1. The lowest BCUT2D eigenvalue weighted by molar-refractivity contribution is 0.357. The lowest BCUT2D eigenvalue weighted by atomic mass is 10.0. The van der Waals surface area contributed by atoms with Crippen molar-refractivity contribution in [3.8, 4) is 5.75 Å². The van der Waals surface area contributed by atoms with E-state index >= 15 is 0 Å². The summed E-state index contributed by atoms with van der Waals surface area (Å²) < 4.78 is 5.50. The molecule has 16 heavy (non-hydrogen) atoms. The van der Waals surface area contributed by atoms with Gasteiger partial charge < -0.3 is 10.1 Å². The average molecular weight is 219 g/mol. The molecular formula is C14H21NO. The Morgan fingerprint density at radius 3 is 3.06 bits per heavy atom. The number of hydrogen-bond acceptors (Lipinski definition) is 2. The van der Waals surface area contributed by atoms with Crippen LogP contribution in [0.3, 0.4) is 0 Å². The van der Waals surface area contributed by atoms with Gasteiger partial charge in [0.15, 0.2) is 0 Å². The molecule has 0 fully saturated rings. The minimum atomic E-state index is 0.591. The minimum Gasteiger partial charge on any atom is -0.493 e. The highest BCUT2D eigenvalue weighted by atomic mass is 16.5. The van der Waals surface area contributed by atoms with Gasteiger partial charge in [0.2, 0.25) is 0 Å². The molecule has 1 aromatic carbocycles. The van der Waals surface area contributed by atoms with Crippen LogP contribution in [0.15, 0.2) is 18.2 Å². The summed E-state index contributed by atoms with van der Waals surface area (Å²) in [6.07, 6.45) is 3.44. The minimum absolute atomic E-state index is 0.591. The maximum absolute atomic E-state index is 5.50. The first-order valence-corrected chi connectivity index (χ1v) is 6.23. The van der Waals surface area contributed by atoms with Gasteiger partial charge in [0.1, 0.15) is 5.75 Å². The fourth-order valence-electron chi connectivity index (χ4n) is 2.08. The molecule has 0 amide bonds. The lowest BCUT2D eigenvalue weighted by Gasteiger charge is -2.08. The van der Waals surface area contributed by atoms with Gasteiger partial charge in [-0.15, -0.1) is 0 Å². The van der Waals surface area contributed by atoms with E-state index < -0.39 is 0 Å². The molecule has 1 heterocycles. The Morgan fingerprint density at radius 1 is 1.38 bits per heavy atom. The first kappa shape index (κ1) is 11.5. The van der Waals surface area contributed by atoms with Crippen molar-refractivity contribution in [3.63, 3.8) is 0 Å². The van der Waals surface area contributed by atoms with Crippen molar-refractivity contribution in [2.75, 3.05) is 13.2 Å². The first-order valence-electron chi connectivity index (χ1n) is 6.23. The molecule has 2 heteroatoms.